The third-order valence-corrected chi connectivity index (χ3v) is 1.68. The van der Waals surface area contributed by atoms with Gasteiger partial charge < -0.3 is 19.8 Å². The Kier molecular flexibility index (Phi) is 1.74. The number of anilines is 1. The van der Waals surface area contributed by atoms with E-state index in [1.807, 2.05) is 0 Å². The summed E-state index contributed by atoms with van der Waals surface area (Å²) in [6, 6.07) is 3.24. The Hall–Kier alpha value is -2.24. The Labute approximate surface area is 77.9 Å². The lowest BCUT2D eigenvalue weighted by Crippen LogP contribution is -2.00. The quantitative estimate of drug-likeness (QED) is 0.744. The van der Waals surface area contributed by atoms with Gasteiger partial charge in [-0.15, -0.1) is 0 Å². The largest absolute Gasteiger partial charge is 0.476 e. The predicted octanol–water partition coefficient (Wildman–Crippen LogP) is 1.22. The Morgan fingerprint density at radius 1 is 1.57 bits per heavy atom. The van der Waals surface area contributed by atoms with Crippen molar-refractivity contribution in [1.82, 2.24) is 5.16 Å². The summed E-state index contributed by atoms with van der Waals surface area (Å²) in [5.74, 6) is -0.751. The molecule has 0 atom stereocenters. The van der Waals surface area contributed by atoms with E-state index in [0.717, 1.165) is 0 Å². The van der Waals surface area contributed by atoms with E-state index in [2.05, 4.69) is 5.16 Å². The minimum atomic E-state index is -1.23. The smallest absolute Gasteiger partial charge is 0.360 e. The summed E-state index contributed by atoms with van der Waals surface area (Å²) in [6.07, 6.45) is 1.43. The second-order valence-corrected chi connectivity index (χ2v) is 2.56. The van der Waals surface area contributed by atoms with Gasteiger partial charge in [-0.25, -0.2) is 4.79 Å². The van der Waals surface area contributed by atoms with Gasteiger partial charge in [0, 0.05) is 0 Å². The SMILES string of the molecule is Nc1c(C(=O)O)noc1-c1ccco1. The molecule has 0 spiro atoms. The van der Waals surface area contributed by atoms with Crippen LogP contribution in [0, 0.1) is 0 Å². The van der Waals surface area contributed by atoms with Crippen molar-refractivity contribution < 1.29 is 18.8 Å². The van der Waals surface area contributed by atoms with E-state index in [4.69, 9.17) is 19.8 Å². The van der Waals surface area contributed by atoms with Crippen LogP contribution in [0.1, 0.15) is 10.5 Å². The number of carbonyl (C=O) groups is 1. The van der Waals surface area contributed by atoms with Gasteiger partial charge in [0.2, 0.25) is 11.5 Å². The van der Waals surface area contributed by atoms with Gasteiger partial charge in [0.05, 0.1) is 6.26 Å². The molecular formula is C8H6N2O4. The van der Waals surface area contributed by atoms with Crippen LogP contribution >= 0.6 is 0 Å². The number of furan rings is 1. The average molecular weight is 194 g/mol. The van der Waals surface area contributed by atoms with E-state index in [9.17, 15) is 4.79 Å². The Morgan fingerprint density at radius 2 is 2.36 bits per heavy atom. The topological polar surface area (TPSA) is 102 Å². The van der Waals surface area contributed by atoms with Crippen molar-refractivity contribution in [2.45, 2.75) is 0 Å². The fourth-order valence-electron chi connectivity index (χ4n) is 1.04. The van der Waals surface area contributed by atoms with Gasteiger partial charge in [-0.3, -0.25) is 0 Å². The van der Waals surface area contributed by atoms with E-state index < -0.39 is 5.97 Å². The van der Waals surface area contributed by atoms with E-state index in [-0.39, 0.29) is 17.1 Å². The molecule has 0 bridgehead atoms. The summed E-state index contributed by atoms with van der Waals surface area (Å²) in [4.78, 5) is 10.6. The summed E-state index contributed by atoms with van der Waals surface area (Å²) in [7, 11) is 0. The molecule has 0 saturated carbocycles. The zero-order valence-corrected chi connectivity index (χ0v) is 6.93. The summed E-state index contributed by atoms with van der Waals surface area (Å²) in [5, 5.41) is 12.0. The molecule has 2 aromatic rings. The molecule has 0 saturated heterocycles. The summed E-state index contributed by atoms with van der Waals surface area (Å²) in [6.45, 7) is 0. The maximum atomic E-state index is 10.6. The summed E-state index contributed by atoms with van der Waals surface area (Å²) >= 11 is 0. The predicted molar refractivity (Wildman–Crippen MR) is 45.6 cm³/mol. The molecule has 0 radical (unpaired) electrons. The lowest BCUT2D eigenvalue weighted by molar-refractivity contribution is 0.0687. The first-order valence-corrected chi connectivity index (χ1v) is 3.72. The second kappa shape index (κ2) is 2.91. The third-order valence-electron chi connectivity index (χ3n) is 1.68. The summed E-state index contributed by atoms with van der Waals surface area (Å²) in [5.41, 5.74) is 5.15. The molecule has 72 valence electrons. The first kappa shape index (κ1) is 8.36. The number of rotatable bonds is 2. The third kappa shape index (κ3) is 1.13. The Bertz CT molecular complexity index is 458. The highest BCUT2D eigenvalue weighted by molar-refractivity contribution is 5.94. The minimum absolute atomic E-state index is 0.0348. The standard InChI is InChI=1S/C8H6N2O4/c9-5-6(8(11)12)10-14-7(5)4-2-1-3-13-4/h1-3H,9H2,(H,11,12). The number of nitrogens with two attached hydrogens (primary N) is 1. The molecule has 6 nitrogen and oxygen atoms in total. The monoisotopic (exact) mass is 194 g/mol. The number of nitrogen functional groups attached to an aromatic ring is 1. The highest BCUT2D eigenvalue weighted by atomic mass is 16.5. The van der Waals surface area contributed by atoms with Crippen LogP contribution in [0.15, 0.2) is 27.3 Å². The van der Waals surface area contributed by atoms with Crippen LogP contribution in [0.25, 0.3) is 11.5 Å². The molecule has 0 aliphatic carbocycles. The molecule has 3 N–H and O–H groups in total. The fraction of sp³-hybridized carbons (Fsp3) is 0. The number of aromatic carboxylic acids is 1. The van der Waals surface area contributed by atoms with Gasteiger partial charge >= 0.3 is 5.97 Å². The molecule has 0 amide bonds. The summed E-state index contributed by atoms with van der Waals surface area (Å²) < 4.78 is 9.74. The van der Waals surface area contributed by atoms with Gasteiger partial charge in [-0.05, 0) is 12.1 Å². The molecule has 14 heavy (non-hydrogen) atoms. The molecule has 2 heterocycles. The van der Waals surface area contributed by atoms with Crippen molar-refractivity contribution in [2.24, 2.45) is 0 Å². The van der Waals surface area contributed by atoms with Crippen molar-refractivity contribution >= 4 is 11.7 Å². The van der Waals surface area contributed by atoms with Crippen LogP contribution in [-0.4, -0.2) is 16.2 Å². The lowest BCUT2D eigenvalue weighted by Gasteiger charge is -1.90. The van der Waals surface area contributed by atoms with Gasteiger partial charge in [0.15, 0.2) is 5.76 Å². The molecule has 6 heteroatoms. The molecule has 0 unspecified atom stereocenters. The van der Waals surface area contributed by atoms with Crippen LogP contribution in [0.5, 0.6) is 0 Å². The lowest BCUT2D eigenvalue weighted by atomic mass is 10.2. The molecule has 0 aliphatic rings. The Balaban J connectivity index is 2.52. The molecular weight excluding hydrogens is 188 g/mol. The molecule has 2 rings (SSSR count). The normalized spacial score (nSPS) is 10.3. The minimum Gasteiger partial charge on any atom is -0.476 e. The van der Waals surface area contributed by atoms with Crippen molar-refractivity contribution in [3.63, 3.8) is 0 Å². The molecule has 0 aromatic carbocycles. The highest BCUT2D eigenvalue weighted by Gasteiger charge is 2.21. The molecule has 0 aliphatic heterocycles. The fourth-order valence-corrected chi connectivity index (χ4v) is 1.04. The van der Waals surface area contributed by atoms with Crippen molar-refractivity contribution in [1.29, 1.82) is 0 Å². The van der Waals surface area contributed by atoms with Crippen LogP contribution in [0.3, 0.4) is 0 Å². The number of aromatic nitrogens is 1. The number of carboxylic acids is 1. The number of hydrogen-bond acceptors (Lipinski definition) is 5. The van der Waals surface area contributed by atoms with Gasteiger partial charge in [0.1, 0.15) is 5.69 Å². The van der Waals surface area contributed by atoms with E-state index in [0.29, 0.717) is 5.76 Å². The zero-order valence-electron chi connectivity index (χ0n) is 6.93. The molecule has 0 fully saturated rings. The van der Waals surface area contributed by atoms with Crippen LogP contribution < -0.4 is 5.73 Å². The van der Waals surface area contributed by atoms with Gasteiger partial charge in [-0.1, -0.05) is 5.16 Å². The van der Waals surface area contributed by atoms with Crippen LogP contribution in [0.2, 0.25) is 0 Å². The van der Waals surface area contributed by atoms with Crippen LogP contribution in [0.4, 0.5) is 5.69 Å². The zero-order chi connectivity index (χ0) is 10.1. The number of carboxylic acid groups (broad SMARTS) is 1. The van der Waals surface area contributed by atoms with Gasteiger partial charge in [-0.2, -0.15) is 0 Å². The van der Waals surface area contributed by atoms with Crippen LogP contribution in [-0.2, 0) is 0 Å². The Morgan fingerprint density at radius 3 is 2.86 bits per heavy atom. The van der Waals surface area contributed by atoms with Crippen molar-refractivity contribution in [3.8, 4) is 11.5 Å². The average Bonchev–Trinajstić information content (AvgIpc) is 2.71. The highest BCUT2D eigenvalue weighted by Crippen LogP contribution is 2.28. The van der Waals surface area contributed by atoms with E-state index in [1.54, 1.807) is 12.1 Å². The van der Waals surface area contributed by atoms with E-state index >= 15 is 0 Å². The first-order valence-electron chi connectivity index (χ1n) is 3.72. The van der Waals surface area contributed by atoms with Crippen molar-refractivity contribution in [2.75, 3.05) is 5.73 Å². The molecule has 2 aromatic heterocycles. The maximum Gasteiger partial charge on any atom is 0.360 e. The van der Waals surface area contributed by atoms with E-state index in [1.165, 1.54) is 6.26 Å². The van der Waals surface area contributed by atoms with Gasteiger partial charge in [0.25, 0.3) is 0 Å². The number of hydrogen-bond donors (Lipinski definition) is 2. The second-order valence-electron chi connectivity index (χ2n) is 2.56. The first-order chi connectivity index (χ1) is 6.70. The number of nitrogens with zero attached hydrogens (tertiary/aromatic N) is 1. The van der Waals surface area contributed by atoms with Crippen molar-refractivity contribution in [3.05, 3.63) is 24.1 Å². The maximum absolute atomic E-state index is 10.6.